The number of aliphatic hydroxyl groups is 1. The molecular formula is C19H20F3N3O2. The van der Waals surface area contributed by atoms with Crippen LogP contribution in [0.3, 0.4) is 0 Å². The molecule has 4 rings (SSSR count). The number of alkyl halides is 3. The monoisotopic (exact) mass is 379 g/mol. The Labute approximate surface area is 154 Å². The lowest BCUT2D eigenvalue weighted by Gasteiger charge is -2.47. The zero-order valence-electron chi connectivity index (χ0n) is 14.6. The van der Waals surface area contributed by atoms with E-state index in [1.54, 1.807) is 12.1 Å². The first-order valence-corrected chi connectivity index (χ1v) is 8.99. The number of para-hydroxylation sites is 1. The van der Waals surface area contributed by atoms with Gasteiger partial charge in [0.1, 0.15) is 0 Å². The van der Waals surface area contributed by atoms with Crippen molar-refractivity contribution in [1.82, 2.24) is 10.3 Å². The highest BCUT2D eigenvalue weighted by Crippen LogP contribution is 2.41. The Kier molecular flexibility index (Phi) is 4.25. The van der Waals surface area contributed by atoms with E-state index in [-0.39, 0.29) is 18.0 Å². The predicted molar refractivity (Wildman–Crippen MR) is 94.3 cm³/mol. The number of carbonyl (C=O) groups is 1. The summed E-state index contributed by atoms with van der Waals surface area (Å²) in [6.07, 6.45) is -2.16. The number of rotatable bonds is 1. The van der Waals surface area contributed by atoms with Gasteiger partial charge in [-0.3, -0.25) is 9.78 Å². The van der Waals surface area contributed by atoms with Crippen LogP contribution in [0.2, 0.25) is 0 Å². The molecule has 1 aromatic carbocycles. The van der Waals surface area contributed by atoms with Crippen molar-refractivity contribution in [2.75, 3.05) is 24.5 Å². The fourth-order valence-electron chi connectivity index (χ4n) is 4.32. The third-order valence-electron chi connectivity index (χ3n) is 5.71. The van der Waals surface area contributed by atoms with E-state index in [1.165, 1.54) is 12.3 Å². The maximum atomic E-state index is 13.3. The maximum absolute atomic E-state index is 13.3. The Bertz CT molecular complexity index is 886. The molecule has 1 amide bonds. The number of nitrogens with zero attached hydrogens (tertiary/aromatic N) is 2. The largest absolute Gasteiger partial charge is 0.418 e. The van der Waals surface area contributed by atoms with E-state index >= 15 is 0 Å². The summed E-state index contributed by atoms with van der Waals surface area (Å²) in [6.45, 7) is 1.32. The van der Waals surface area contributed by atoms with E-state index in [4.69, 9.17) is 0 Å². The number of amides is 1. The lowest BCUT2D eigenvalue weighted by molar-refractivity contribution is -0.142. The number of hydrogen-bond donors (Lipinski definition) is 2. The molecule has 27 heavy (non-hydrogen) atoms. The SMILES string of the molecule is O=C1NCCC[C@]12CN(c1ccnc3c(C(F)(F)F)cccc13)CC[C@H]2O. The van der Waals surface area contributed by atoms with Crippen LogP contribution in [-0.4, -0.2) is 41.7 Å². The molecule has 3 heterocycles. The number of piperidine rings is 2. The zero-order chi connectivity index (χ0) is 19.2. The number of benzene rings is 1. The van der Waals surface area contributed by atoms with Crippen molar-refractivity contribution < 1.29 is 23.1 Å². The lowest BCUT2D eigenvalue weighted by Crippen LogP contribution is -2.61. The lowest BCUT2D eigenvalue weighted by atomic mass is 9.71. The maximum Gasteiger partial charge on any atom is 0.418 e. The van der Waals surface area contributed by atoms with Crippen molar-refractivity contribution in [3.8, 4) is 0 Å². The summed E-state index contributed by atoms with van der Waals surface area (Å²) in [4.78, 5) is 18.4. The van der Waals surface area contributed by atoms with Crippen molar-refractivity contribution in [2.24, 2.45) is 5.41 Å². The number of halogens is 3. The summed E-state index contributed by atoms with van der Waals surface area (Å²) in [7, 11) is 0. The van der Waals surface area contributed by atoms with E-state index in [1.807, 2.05) is 4.90 Å². The van der Waals surface area contributed by atoms with Gasteiger partial charge in [0.05, 0.1) is 22.6 Å². The van der Waals surface area contributed by atoms with Crippen LogP contribution in [0.25, 0.3) is 10.9 Å². The number of carbonyl (C=O) groups excluding carboxylic acids is 1. The predicted octanol–water partition coefficient (Wildman–Crippen LogP) is 2.72. The molecule has 2 aliphatic rings. The number of aliphatic hydroxyl groups excluding tert-OH is 1. The number of anilines is 1. The Morgan fingerprint density at radius 3 is 2.85 bits per heavy atom. The highest BCUT2D eigenvalue weighted by Gasteiger charge is 2.50. The molecular weight excluding hydrogens is 359 g/mol. The van der Waals surface area contributed by atoms with E-state index < -0.39 is 23.3 Å². The quantitative estimate of drug-likeness (QED) is 0.800. The van der Waals surface area contributed by atoms with Crippen molar-refractivity contribution in [3.63, 3.8) is 0 Å². The van der Waals surface area contributed by atoms with E-state index in [2.05, 4.69) is 10.3 Å². The van der Waals surface area contributed by atoms with Gasteiger partial charge in [-0.1, -0.05) is 12.1 Å². The summed E-state index contributed by atoms with van der Waals surface area (Å²) in [5, 5.41) is 13.8. The second kappa shape index (κ2) is 6.37. The Morgan fingerprint density at radius 2 is 2.11 bits per heavy atom. The number of pyridine rings is 1. The Hall–Kier alpha value is -2.35. The van der Waals surface area contributed by atoms with Crippen molar-refractivity contribution >= 4 is 22.5 Å². The second-order valence-electron chi connectivity index (χ2n) is 7.27. The minimum atomic E-state index is -4.49. The van der Waals surface area contributed by atoms with Gasteiger partial charge in [-0.25, -0.2) is 0 Å². The van der Waals surface area contributed by atoms with Gasteiger partial charge < -0.3 is 15.3 Å². The summed E-state index contributed by atoms with van der Waals surface area (Å²) < 4.78 is 40.0. The average Bonchev–Trinajstić information content (AvgIpc) is 2.64. The van der Waals surface area contributed by atoms with Crippen LogP contribution in [0.1, 0.15) is 24.8 Å². The molecule has 2 N–H and O–H groups in total. The molecule has 2 aromatic rings. The highest BCUT2D eigenvalue weighted by atomic mass is 19.4. The molecule has 8 heteroatoms. The standard InChI is InChI=1S/C19H20F3N3O2/c20-19(21,22)13-4-1-3-12-14(5-9-23-16(12)13)25-10-6-15(26)18(11-25)7-2-8-24-17(18)27/h1,3-5,9,15,26H,2,6-8,10-11H2,(H,24,27)/t15-,18-/m1/s1. The number of fused-ring (bicyclic) bond motifs is 1. The number of aromatic nitrogens is 1. The van der Waals surface area contributed by atoms with Crippen molar-refractivity contribution in [2.45, 2.75) is 31.5 Å². The van der Waals surface area contributed by atoms with E-state index in [9.17, 15) is 23.1 Å². The Morgan fingerprint density at radius 1 is 1.30 bits per heavy atom. The van der Waals surface area contributed by atoms with Crippen LogP contribution in [0.4, 0.5) is 18.9 Å². The first kappa shape index (κ1) is 18.0. The van der Waals surface area contributed by atoms with Crippen LogP contribution in [0.15, 0.2) is 30.5 Å². The number of hydrogen-bond acceptors (Lipinski definition) is 4. The second-order valence-corrected chi connectivity index (χ2v) is 7.27. The van der Waals surface area contributed by atoms with Crippen LogP contribution in [-0.2, 0) is 11.0 Å². The van der Waals surface area contributed by atoms with Gasteiger partial charge in [0.15, 0.2) is 0 Å². The van der Waals surface area contributed by atoms with Gasteiger partial charge in [0, 0.05) is 36.9 Å². The Balaban J connectivity index is 1.78. The molecule has 2 atom stereocenters. The minimum Gasteiger partial charge on any atom is -0.392 e. The topological polar surface area (TPSA) is 65.5 Å². The zero-order valence-corrected chi connectivity index (χ0v) is 14.6. The summed E-state index contributed by atoms with van der Waals surface area (Å²) in [5.41, 5.74) is -1.19. The van der Waals surface area contributed by atoms with Crippen molar-refractivity contribution in [1.29, 1.82) is 0 Å². The molecule has 0 unspecified atom stereocenters. The van der Waals surface area contributed by atoms with E-state index in [0.717, 1.165) is 12.5 Å². The van der Waals surface area contributed by atoms with Crippen LogP contribution in [0, 0.1) is 5.41 Å². The molecule has 0 bridgehead atoms. The van der Waals surface area contributed by atoms with Crippen LogP contribution < -0.4 is 10.2 Å². The van der Waals surface area contributed by atoms with Gasteiger partial charge in [-0.2, -0.15) is 13.2 Å². The number of nitrogens with one attached hydrogen (secondary N) is 1. The fourth-order valence-corrected chi connectivity index (χ4v) is 4.32. The molecule has 0 aliphatic carbocycles. The molecule has 144 valence electrons. The third-order valence-corrected chi connectivity index (χ3v) is 5.71. The smallest absolute Gasteiger partial charge is 0.392 e. The molecule has 0 saturated carbocycles. The van der Waals surface area contributed by atoms with Crippen LogP contribution in [0.5, 0.6) is 0 Å². The van der Waals surface area contributed by atoms with Crippen LogP contribution >= 0.6 is 0 Å². The molecule has 2 fully saturated rings. The van der Waals surface area contributed by atoms with Gasteiger partial charge in [-0.15, -0.1) is 0 Å². The molecule has 2 saturated heterocycles. The third kappa shape index (κ3) is 2.92. The summed E-state index contributed by atoms with van der Waals surface area (Å²) >= 11 is 0. The van der Waals surface area contributed by atoms with Gasteiger partial charge in [0.2, 0.25) is 5.91 Å². The fraction of sp³-hybridized carbons (Fsp3) is 0.474. The molecule has 5 nitrogen and oxygen atoms in total. The molecule has 0 radical (unpaired) electrons. The molecule has 1 aromatic heterocycles. The van der Waals surface area contributed by atoms with E-state index in [0.29, 0.717) is 37.0 Å². The van der Waals surface area contributed by atoms with Crippen molar-refractivity contribution in [3.05, 3.63) is 36.0 Å². The molecule has 1 spiro atoms. The summed E-state index contributed by atoms with van der Waals surface area (Å²) in [6, 6.07) is 5.69. The van der Waals surface area contributed by atoms with Gasteiger partial charge in [-0.05, 0) is 31.4 Å². The highest BCUT2D eigenvalue weighted by molar-refractivity contribution is 5.94. The van der Waals surface area contributed by atoms with Gasteiger partial charge >= 0.3 is 6.18 Å². The normalized spacial score (nSPS) is 26.4. The van der Waals surface area contributed by atoms with Gasteiger partial charge in [0.25, 0.3) is 0 Å². The summed E-state index contributed by atoms with van der Waals surface area (Å²) in [5.74, 6) is -0.180. The first-order valence-electron chi connectivity index (χ1n) is 8.99. The minimum absolute atomic E-state index is 0.101. The molecule has 2 aliphatic heterocycles. The average molecular weight is 379 g/mol. The first-order chi connectivity index (χ1) is 12.8.